The van der Waals surface area contributed by atoms with Crippen LogP contribution in [0, 0.1) is 20.8 Å². The van der Waals surface area contributed by atoms with E-state index in [1.807, 2.05) is 20.8 Å². The van der Waals surface area contributed by atoms with Gasteiger partial charge in [-0.3, -0.25) is 0 Å². The van der Waals surface area contributed by atoms with Crippen LogP contribution in [0.5, 0.6) is 5.75 Å². The maximum absolute atomic E-state index is 5.11. The summed E-state index contributed by atoms with van der Waals surface area (Å²) in [5.74, 6) is 1.58. The van der Waals surface area contributed by atoms with Crippen molar-refractivity contribution in [3.63, 3.8) is 0 Å². The van der Waals surface area contributed by atoms with Crippen LogP contribution in [-0.4, -0.2) is 17.1 Å². The van der Waals surface area contributed by atoms with E-state index in [1.54, 1.807) is 7.11 Å². The molecule has 3 heteroatoms. The molecule has 0 radical (unpaired) electrons. The minimum Gasteiger partial charge on any atom is -0.493 e. The normalized spacial score (nSPS) is 9.82. The maximum Gasteiger partial charge on any atom is 0.161 e. The van der Waals surface area contributed by atoms with Crippen molar-refractivity contribution in [1.82, 2.24) is 9.97 Å². The van der Waals surface area contributed by atoms with Gasteiger partial charge in [-0.15, -0.1) is 0 Å². The Labute approximate surface area is 66.4 Å². The van der Waals surface area contributed by atoms with E-state index < -0.39 is 0 Å². The van der Waals surface area contributed by atoms with Crippen LogP contribution < -0.4 is 4.74 Å². The molecule has 1 heterocycles. The summed E-state index contributed by atoms with van der Waals surface area (Å²) in [6, 6.07) is 0. The molecule has 0 saturated carbocycles. The predicted molar refractivity (Wildman–Crippen MR) is 42.8 cm³/mol. The summed E-state index contributed by atoms with van der Waals surface area (Å²) < 4.78 is 5.11. The number of ether oxygens (including phenoxy) is 1. The van der Waals surface area contributed by atoms with E-state index >= 15 is 0 Å². The first-order valence-electron chi connectivity index (χ1n) is 3.51. The summed E-state index contributed by atoms with van der Waals surface area (Å²) in [6.45, 7) is 5.71. The summed E-state index contributed by atoms with van der Waals surface area (Å²) in [6.07, 6.45) is 0. The van der Waals surface area contributed by atoms with Gasteiger partial charge in [-0.2, -0.15) is 0 Å². The van der Waals surface area contributed by atoms with Crippen molar-refractivity contribution in [1.29, 1.82) is 0 Å². The molecule has 0 aliphatic carbocycles. The number of nitrogens with zero attached hydrogens (tertiary/aromatic N) is 2. The van der Waals surface area contributed by atoms with Crippen molar-refractivity contribution in [2.45, 2.75) is 20.8 Å². The van der Waals surface area contributed by atoms with E-state index in [2.05, 4.69) is 9.97 Å². The van der Waals surface area contributed by atoms with Gasteiger partial charge < -0.3 is 4.74 Å². The molecular formula is C8H12N2O. The Hall–Kier alpha value is -1.12. The molecule has 0 aliphatic heterocycles. The van der Waals surface area contributed by atoms with Crippen molar-refractivity contribution >= 4 is 0 Å². The van der Waals surface area contributed by atoms with Gasteiger partial charge in [0.05, 0.1) is 18.5 Å². The average molecular weight is 152 g/mol. The molecule has 0 unspecified atom stereocenters. The topological polar surface area (TPSA) is 35.0 Å². The fourth-order valence-electron chi connectivity index (χ4n) is 1.17. The van der Waals surface area contributed by atoms with Gasteiger partial charge in [0.2, 0.25) is 0 Å². The first-order chi connectivity index (χ1) is 5.15. The zero-order chi connectivity index (χ0) is 8.43. The van der Waals surface area contributed by atoms with Gasteiger partial charge in [0.1, 0.15) is 5.82 Å². The monoisotopic (exact) mass is 152 g/mol. The van der Waals surface area contributed by atoms with Crippen molar-refractivity contribution in [2.75, 3.05) is 7.11 Å². The zero-order valence-electron chi connectivity index (χ0n) is 7.30. The van der Waals surface area contributed by atoms with Crippen LogP contribution in [0.2, 0.25) is 0 Å². The summed E-state index contributed by atoms with van der Waals surface area (Å²) in [5, 5.41) is 0. The molecule has 1 rings (SSSR count). The average Bonchev–Trinajstić information content (AvgIpc) is 1.85. The number of aryl methyl sites for hydroxylation is 3. The number of rotatable bonds is 1. The highest BCUT2D eigenvalue weighted by molar-refractivity contribution is 5.30. The third kappa shape index (κ3) is 1.48. The van der Waals surface area contributed by atoms with Crippen LogP contribution in [0.4, 0.5) is 0 Å². The quantitative estimate of drug-likeness (QED) is 0.610. The van der Waals surface area contributed by atoms with E-state index in [1.165, 1.54) is 0 Å². The van der Waals surface area contributed by atoms with Crippen LogP contribution >= 0.6 is 0 Å². The molecule has 0 spiro atoms. The Morgan fingerprint density at radius 3 is 1.82 bits per heavy atom. The largest absolute Gasteiger partial charge is 0.493 e. The molecule has 0 atom stereocenters. The van der Waals surface area contributed by atoms with Crippen molar-refractivity contribution < 1.29 is 4.74 Å². The molecule has 3 nitrogen and oxygen atoms in total. The van der Waals surface area contributed by atoms with Gasteiger partial charge in [-0.05, 0) is 20.8 Å². The number of hydrogen-bond donors (Lipinski definition) is 0. The lowest BCUT2D eigenvalue weighted by Gasteiger charge is -2.06. The highest BCUT2D eigenvalue weighted by Gasteiger charge is 2.04. The summed E-state index contributed by atoms with van der Waals surface area (Å²) >= 11 is 0. The van der Waals surface area contributed by atoms with Crippen LogP contribution in [0.3, 0.4) is 0 Å². The molecule has 11 heavy (non-hydrogen) atoms. The smallest absolute Gasteiger partial charge is 0.161 e. The lowest BCUT2D eigenvalue weighted by Crippen LogP contribution is -1.99. The van der Waals surface area contributed by atoms with Gasteiger partial charge in [0.15, 0.2) is 5.75 Å². The van der Waals surface area contributed by atoms with E-state index in [9.17, 15) is 0 Å². The molecule has 0 fully saturated rings. The Bertz CT molecular complexity index is 248. The fraction of sp³-hybridized carbons (Fsp3) is 0.500. The van der Waals surface area contributed by atoms with Gasteiger partial charge >= 0.3 is 0 Å². The second-order valence-corrected chi connectivity index (χ2v) is 2.47. The van der Waals surface area contributed by atoms with Crippen LogP contribution in [-0.2, 0) is 0 Å². The molecule has 0 amide bonds. The molecule has 1 aromatic heterocycles. The number of aromatic nitrogens is 2. The minimum atomic E-state index is 0.788. The Balaban J connectivity index is 3.25. The van der Waals surface area contributed by atoms with Crippen molar-refractivity contribution in [3.05, 3.63) is 17.2 Å². The molecule has 0 aromatic carbocycles. The highest BCUT2D eigenvalue weighted by Crippen LogP contribution is 2.17. The van der Waals surface area contributed by atoms with Gasteiger partial charge in [-0.25, -0.2) is 9.97 Å². The van der Waals surface area contributed by atoms with E-state index in [-0.39, 0.29) is 0 Å². The summed E-state index contributed by atoms with van der Waals surface area (Å²) in [7, 11) is 1.63. The van der Waals surface area contributed by atoms with Crippen LogP contribution in [0.25, 0.3) is 0 Å². The van der Waals surface area contributed by atoms with Crippen molar-refractivity contribution in [3.8, 4) is 5.75 Å². The third-order valence-corrected chi connectivity index (χ3v) is 1.52. The molecule has 0 saturated heterocycles. The lowest BCUT2D eigenvalue weighted by atomic mass is 10.3. The number of methoxy groups -OCH3 is 1. The second kappa shape index (κ2) is 2.86. The van der Waals surface area contributed by atoms with Gasteiger partial charge in [0.25, 0.3) is 0 Å². The highest BCUT2D eigenvalue weighted by atomic mass is 16.5. The summed E-state index contributed by atoms with van der Waals surface area (Å²) in [5.41, 5.74) is 1.80. The third-order valence-electron chi connectivity index (χ3n) is 1.52. The molecule has 1 aromatic rings. The maximum atomic E-state index is 5.11. The Morgan fingerprint density at radius 2 is 1.45 bits per heavy atom. The van der Waals surface area contributed by atoms with E-state index in [0.717, 1.165) is 23.0 Å². The van der Waals surface area contributed by atoms with Crippen molar-refractivity contribution in [2.24, 2.45) is 0 Å². The Morgan fingerprint density at radius 1 is 1.00 bits per heavy atom. The van der Waals surface area contributed by atoms with E-state index in [4.69, 9.17) is 4.74 Å². The van der Waals surface area contributed by atoms with E-state index in [0.29, 0.717) is 0 Å². The lowest BCUT2D eigenvalue weighted by molar-refractivity contribution is 0.402. The predicted octanol–water partition coefficient (Wildman–Crippen LogP) is 1.41. The Kier molecular flexibility index (Phi) is 2.08. The van der Waals surface area contributed by atoms with Crippen LogP contribution in [0.15, 0.2) is 0 Å². The standard InChI is InChI=1S/C8H12N2O/c1-5-8(11-4)6(2)10-7(3)9-5/h1-4H3. The molecule has 0 bridgehead atoms. The zero-order valence-corrected chi connectivity index (χ0v) is 7.30. The number of hydrogen-bond acceptors (Lipinski definition) is 3. The molecule has 60 valence electrons. The SMILES string of the molecule is COc1c(C)nc(C)nc1C. The van der Waals surface area contributed by atoms with Gasteiger partial charge in [0, 0.05) is 0 Å². The first-order valence-corrected chi connectivity index (χ1v) is 3.51. The molecule has 0 N–H and O–H groups in total. The molecular weight excluding hydrogens is 140 g/mol. The summed E-state index contributed by atoms with van der Waals surface area (Å²) in [4.78, 5) is 8.34. The fourth-order valence-corrected chi connectivity index (χ4v) is 1.17. The van der Waals surface area contributed by atoms with Crippen LogP contribution in [0.1, 0.15) is 17.2 Å². The minimum absolute atomic E-state index is 0.788. The first kappa shape index (κ1) is 7.98. The van der Waals surface area contributed by atoms with Gasteiger partial charge in [-0.1, -0.05) is 0 Å². The second-order valence-electron chi connectivity index (χ2n) is 2.47. The molecule has 0 aliphatic rings.